The minimum atomic E-state index is -0.174. The molecule has 2 N–H and O–H groups in total. The van der Waals surface area contributed by atoms with Gasteiger partial charge in [0.15, 0.2) is 5.16 Å². The molecule has 0 atom stereocenters. The van der Waals surface area contributed by atoms with Crippen molar-refractivity contribution >= 4 is 23.4 Å². The average Bonchev–Trinajstić information content (AvgIpc) is 2.69. The van der Waals surface area contributed by atoms with E-state index in [1.54, 1.807) is 0 Å². The lowest BCUT2D eigenvalue weighted by atomic mass is 10.1. The fraction of sp³-hybridized carbons (Fsp3) is 0.261. The molecule has 150 valence electrons. The summed E-state index contributed by atoms with van der Waals surface area (Å²) in [5, 5.41) is 3.53. The van der Waals surface area contributed by atoms with Crippen LogP contribution in [-0.2, 0) is 17.0 Å². The lowest BCUT2D eigenvalue weighted by molar-refractivity contribution is -0.116. The Hall–Kier alpha value is -2.86. The Morgan fingerprint density at radius 3 is 2.59 bits per heavy atom. The number of nitrogens with one attached hydrogen (secondary N) is 2. The molecule has 0 aliphatic heterocycles. The molecule has 0 bridgehead atoms. The second kappa shape index (κ2) is 9.56. The number of hydrogen-bond acceptors (Lipinski definition) is 4. The molecule has 0 saturated carbocycles. The molecule has 6 heteroatoms. The summed E-state index contributed by atoms with van der Waals surface area (Å²) in [5.41, 5.74) is 5.14. The van der Waals surface area contributed by atoms with Gasteiger partial charge in [0.1, 0.15) is 0 Å². The molecule has 5 nitrogen and oxygen atoms in total. The summed E-state index contributed by atoms with van der Waals surface area (Å²) in [6.07, 6.45) is 0.587. The number of aromatic nitrogens is 2. The second-order valence-corrected chi connectivity index (χ2v) is 8.04. The number of aryl methyl sites for hydroxylation is 3. The quantitative estimate of drug-likeness (QED) is 0.445. The van der Waals surface area contributed by atoms with Crippen molar-refractivity contribution in [3.63, 3.8) is 0 Å². The third kappa shape index (κ3) is 5.81. The van der Waals surface area contributed by atoms with Crippen molar-refractivity contribution in [2.75, 3.05) is 5.32 Å². The number of carbonyl (C=O) groups excluding carboxylic acids is 1. The van der Waals surface area contributed by atoms with Crippen molar-refractivity contribution in [3.05, 3.63) is 86.8 Å². The molecule has 1 heterocycles. The van der Waals surface area contributed by atoms with E-state index in [0.717, 1.165) is 22.6 Å². The van der Waals surface area contributed by atoms with Gasteiger partial charge in [0.2, 0.25) is 5.91 Å². The topological polar surface area (TPSA) is 74.8 Å². The number of nitrogens with zero attached hydrogens (tertiary/aromatic N) is 1. The van der Waals surface area contributed by atoms with Crippen LogP contribution < -0.4 is 10.9 Å². The first-order valence-electron chi connectivity index (χ1n) is 9.56. The minimum absolute atomic E-state index is 0.111. The molecule has 0 radical (unpaired) electrons. The van der Waals surface area contributed by atoms with E-state index < -0.39 is 0 Å². The van der Waals surface area contributed by atoms with E-state index >= 15 is 0 Å². The summed E-state index contributed by atoms with van der Waals surface area (Å²) >= 11 is 1.49. The van der Waals surface area contributed by atoms with Gasteiger partial charge in [-0.05, 0) is 49.9 Å². The molecule has 1 amide bonds. The average molecular weight is 408 g/mol. The number of hydrogen-bond donors (Lipinski definition) is 2. The Labute approximate surface area is 175 Å². The van der Waals surface area contributed by atoms with Gasteiger partial charge in [-0.1, -0.05) is 54.2 Å². The zero-order valence-corrected chi connectivity index (χ0v) is 17.7. The van der Waals surface area contributed by atoms with Gasteiger partial charge in [-0.3, -0.25) is 9.59 Å². The van der Waals surface area contributed by atoms with Crippen molar-refractivity contribution in [2.45, 2.75) is 44.5 Å². The summed E-state index contributed by atoms with van der Waals surface area (Å²) in [7, 11) is 0. The van der Waals surface area contributed by atoms with Gasteiger partial charge < -0.3 is 10.3 Å². The first kappa shape index (κ1) is 20.9. The third-order valence-electron chi connectivity index (χ3n) is 4.69. The predicted octanol–water partition coefficient (Wildman–Crippen LogP) is 4.56. The molecular formula is C23H25N3O2S. The maximum Gasteiger partial charge on any atom is 0.254 e. The van der Waals surface area contributed by atoms with E-state index in [1.165, 1.54) is 17.3 Å². The number of benzene rings is 2. The summed E-state index contributed by atoms with van der Waals surface area (Å²) in [4.78, 5) is 32.2. The largest absolute Gasteiger partial charge is 0.326 e. The Morgan fingerprint density at radius 2 is 1.86 bits per heavy atom. The minimum Gasteiger partial charge on any atom is -0.326 e. The van der Waals surface area contributed by atoms with Crippen molar-refractivity contribution < 1.29 is 4.79 Å². The van der Waals surface area contributed by atoms with E-state index in [-0.39, 0.29) is 17.9 Å². The van der Waals surface area contributed by atoms with Crippen LogP contribution in [0.25, 0.3) is 0 Å². The third-order valence-corrected chi connectivity index (χ3v) is 5.63. The van der Waals surface area contributed by atoms with Crippen LogP contribution >= 0.6 is 11.8 Å². The number of amides is 1. The number of thioether (sulfide) groups is 1. The van der Waals surface area contributed by atoms with Crippen LogP contribution in [0.1, 0.15) is 34.4 Å². The highest BCUT2D eigenvalue weighted by Crippen LogP contribution is 2.19. The molecule has 3 aromatic rings. The first-order chi connectivity index (χ1) is 13.9. The number of carbonyl (C=O) groups is 1. The lowest BCUT2D eigenvalue weighted by Crippen LogP contribution is -2.20. The van der Waals surface area contributed by atoms with Gasteiger partial charge in [-0.15, -0.1) is 0 Å². The van der Waals surface area contributed by atoms with Crippen LogP contribution in [0.4, 0.5) is 5.69 Å². The number of aromatic amines is 1. The highest BCUT2D eigenvalue weighted by molar-refractivity contribution is 7.98. The summed E-state index contributed by atoms with van der Waals surface area (Å²) in [5.74, 6) is 0.626. The van der Waals surface area contributed by atoms with E-state index in [9.17, 15) is 9.59 Å². The van der Waals surface area contributed by atoms with Crippen LogP contribution in [0.15, 0.2) is 58.5 Å². The monoisotopic (exact) mass is 407 g/mol. The predicted molar refractivity (Wildman–Crippen MR) is 118 cm³/mol. The fourth-order valence-electron chi connectivity index (χ4n) is 3.00. The van der Waals surface area contributed by atoms with Crippen LogP contribution in [-0.4, -0.2) is 15.9 Å². The second-order valence-electron chi connectivity index (χ2n) is 7.08. The van der Waals surface area contributed by atoms with E-state index in [0.29, 0.717) is 22.8 Å². The van der Waals surface area contributed by atoms with Crippen molar-refractivity contribution in [2.24, 2.45) is 0 Å². The molecule has 0 aliphatic carbocycles. The van der Waals surface area contributed by atoms with Crippen molar-refractivity contribution in [3.8, 4) is 0 Å². The Kier molecular flexibility index (Phi) is 6.88. The van der Waals surface area contributed by atoms with Gasteiger partial charge in [0.25, 0.3) is 5.56 Å². The highest BCUT2D eigenvalue weighted by Gasteiger charge is 2.12. The molecule has 2 aromatic carbocycles. The number of H-pyrrole nitrogens is 1. The SMILES string of the molecule is Cc1ccc(C)c(NC(=O)CCc2c(C)nc(SCc3ccccc3)[nH]c2=O)c1. The van der Waals surface area contributed by atoms with E-state index in [2.05, 4.69) is 15.3 Å². The first-order valence-corrected chi connectivity index (χ1v) is 10.5. The van der Waals surface area contributed by atoms with Crippen molar-refractivity contribution in [1.82, 2.24) is 9.97 Å². The standard InChI is InChI=1S/C23H25N3O2S/c1-15-9-10-16(2)20(13-15)25-21(27)12-11-19-17(3)24-23(26-22(19)28)29-14-18-7-5-4-6-8-18/h4-10,13H,11-12,14H2,1-3H3,(H,25,27)(H,24,26,28). The summed E-state index contributed by atoms with van der Waals surface area (Å²) in [6.45, 7) is 5.76. The normalized spacial score (nSPS) is 10.7. The van der Waals surface area contributed by atoms with E-state index in [1.807, 2.05) is 69.3 Å². The molecule has 0 fully saturated rings. The molecule has 29 heavy (non-hydrogen) atoms. The van der Waals surface area contributed by atoms with Crippen molar-refractivity contribution in [1.29, 1.82) is 0 Å². The van der Waals surface area contributed by atoms with Gasteiger partial charge in [-0.2, -0.15) is 0 Å². The molecule has 0 spiro atoms. The van der Waals surface area contributed by atoms with Crippen LogP contribution in [0.2, 0.25) is 0 Å². The number of rotatable bonds is 7. The zero-order valence-electron chi connectivity index (χ0n) is 16.9. The Bertz CT molecular complexity index is 1060. The van der Waals surface area contributed by atoms with Gasteiger partial charge >= 0.3 is 0 Å². The molecule has 0 unspecified atom stereocenters. The van der Waals surface area contributed by atoms with Gasteiger partial charge in [0.05, 0.1) is 0 Å². The number of anilines is 1. The summed E-state index contributed by atoms with van der Waals surface area (Å²) < 4.78 is 0. The maximum absolute atomic E-state index is 12.5. The van der Waals surface area contributed by atoms with Gasteiger partial charge in [-0.25, -0.2) is 4.98 Å². The highest BCUT2D eigenvalue weighted by atomic mass is 32.2. The molecule has 0 saturated heterocycles. The van der Waals surface area contributed by atoms with Crippen LogP contribution in [0.5, 0.6) is 0 Å². The smallest absolute Gasteiger partial charge is 0.254 e. The van der Waals surface area contributed by atoms with Gasteiger partial charge in [0, 0.05) is 29.1 Å². The summed E-state index contributed by atoms with van der Waals surface area (Å²) in [6, 6.07) is 16.0. The Morgan fingerprint density at radius 1 is 1.10 bits per heavy atom. The molecule has 1 aromatic heterocycles. The Balaban J connectivity index is 1.61. The van der Waals surface area contributed by atoms with Crippen LogP contribution in [0, 0.1) is 20.8 Å². The lowest BCUT2D eigenvalue weighted by Gasteiger charge is -2.10. The molecular weight excluding hydrogens is 382 g/mol. The maximum atomic E-state index is 12.5. The van der Waals surface area contributed by atoms with Crippen LogP contribution in [0.3, 0.4) is 0 Å². The molecule has 0 aliphatic rings. The fourth-order valence-corrected chi connectivity index (χ4v) is 3.86. The van der Waals surface area contributed by atoms with E-state index in [4.69, 9.17) is 0 Å². The zero-order chi connectivity index (χ0) is 20.8. The molecule has 3 rings (SSSR count).